The predicted molar refractivity (Wildman–Crippen MR) is 159 cm³/mol. The number of nitriles is 1. The third-order valence-electron chi connectivity index (χ3n) is 6.44. The Labute approximate surface area is 245 Å². The number of carbonyl (C=O) groups is 2. The Bertz CT molecular complexity index is 1640. The molecule has 1 aliphatic heterocycles. The number of ketones is 1. The second-order valence-electron chi connectivity index (χ2n) is 8.93. The van der Waals surface area contributed by atoms with Crippen LogP contribution in [0.4, 0.5) is 0 Å². The standard InChI is InChI=1S/C29H24ClN3O5S2/c1-17-21(15-31)26(35)33(16-19-6-3-4-7-22(19)30)28(37)25(17)23(34)8-5-13-32-27(36)24(40-29(32)39)14-18-9-11-20(38-2)12-10-18/h3-4,6-7,9-12,14,37H,5,8,13,16H2,1-2H3/b24-14-. The summed E-state index contributed by atoms with van der Waals surface area (Å²) in [6, 6.07) is 15.9. The summed E-state index contributed by atoms with van der Waals surface area (Å²) in [5.41, 5.74) is 0.433. The molecule has 0 unspecified atom stereocenters. The maximum absolute atomic E-state index is 13.3. The zero-order valence-corrected chi connectivity index (χ0v) is 24.0. The Morgan fingerprint density at radius 2 is 1.90 bits per heavy atom. The number of amides is 1. The van der Waals surface area contributed by atoms with E-state index in [2.05, 4.69) is 0 Å². The highest BCUT2D eigenvalue weighted by Gasteiger charge is 2.32. The van der Waals surface area contributed by atoms with Gasteiger partial charge in [-0.1, -0.05) is 65.9 Å². The van der Waals surface area contributed by atoms with Crippen LogP contribution in [0, 0.1) is 18.3 Å². The number of methoxy groups -OCH3 is 1. The first-order valence-corrected chi connectivity index (χ1v) is 13.8. The van der Waals surface area contributed by atoms with E-state index in [-0.39, 0.29) is 48.5 Å². The van der Waals surface area contributed by atoms with Gasteiger partial charge in [-0.25, -0.2) is 0 Å². The molecule has 1 aromatic heterocycles. The maximum Gasteiger partial charge on any atom is 0.271 e. The molecule has 1 aliphatic rings. The van der Waals surface area contributed by atoms with Crippen molar-refractivity contribution < 1.29 is 19.4 Å². The van der Waals surface area contributed by atoms with Gasteiger partial charge >= 0.3 is 0 Å². The number of aromatic hydroxyl groups is 1. The molecule has 3 aromatic rings. The molecule has 1 fully saturated rings. The van der Waals surface area contributed by atoms with Crippen molar-refractivity contribution in [2.75, 3.05) is 13.7 Å². The molecule has 8 nitrogen and oxygen atoms in total. The number of ether oxygens (including phenoxy) is 1. The van der Waals surface area contributed by atoms with Gasteiger partial charge in [0.1, 0.15) is 21.7 Å². The van der Waals surface area contributed by atoms with Crippen LogP contribution in [0.3, 0.4) is 0 Å². The van der Waals surface area contributed by atoms with Crippen LogP contribution >= 0.6 is 35.6 Å². The van der Waals surface area contributed by atoms with Crippen molar-refractivity contribution in [2.45, 2.75) is 26.3 Å². The van der Waals surface area contributed by atoms with E-state index in [1.54, 1.807) is 49.6 Å². The summed E-state index contributed by atoms with van der Waals surface area (Å²) in [7, 11) is 1.58. The third-order valence-corrected chi connectivity index (χ3v) is 8.18. The second kappa shape index (κ2) is 12.5. The van der Waals surface area contributed by atoms with E-state index >= 15 is 0 Å². The van der Waals surface area contributed by atoms with E-state index < -0.39 is 17.2 Å². The first kappa shape index (κ1) is 29.1. The molecule has 204 valence electrons. The summed E-state index contributed by atoms with van der Waals surface area (Å²) in [5, 5.41) is 21.0. The van der Waals surface area contributed by atoms with Crippen LogP contribution < -0.4 is 10.3 Å². The number of pyridine rings is 1. The number of aromatic nitrogens is 1. The molecule has 4 rings (SSSR count). The number of carbonyl (C=O) groups excluding carboxylic acids is 2. The van der Waals surface area contributed by atoms with Gasteiger partial charge in [-0.2, -0.15) is 5.26 Å². The number of Topliss-reactive ketones (excluding diaryl/α,β-unsaturated/α-hetero) is 1. The molecule has 1 saturated heterocycles. The van der Waals surface area contributed by atoms with Crippen molar-refractivity contribution in [1.29, 1.82) is 5.26 Å². The SMILES string of the molecule is COc1ccc(/C=C2\SC(=S)N(CCCC(=O)c3c(C)c(C#N)c(=O)n(Cc4ccccc4Cl)c3O)C2=O)cc1. The summed E-state index contributed by atoms with van der Waals surface area (Å²) >= 11 is 12.8. The monoisotopic (exact) mass is 593 g/mol. The number of hydrogen-bond acceptors (Lipinski definition) is 8. The van der Waals surface area contributed by atoms with Crippen molar-refractivity contribution in [3.05, 3.63) is 96.6 Å². The number of thioether (sulfide) groups is 1. The number of hydrogen-bond donors (Lipinski definition) is 1. The Morgan fingerprint density at radius 3 is 2.55 bits per heavy atom. The highest BCUT2D eigenvalue weighted by atomic mass is 35.5. The minimum atomic E-state index is -0.713. The smallest absolute Gasteiger partial charge is 0.271 e. The van der Waals surface area contributed by atoms with Crippen LogP contribution in [0.25, 0.3) is 6.08 Å². The zero-order chi connectivity index (χ0) is 29.0. The summed E-state index contributed by atoms with van der Waals surface area (Å²) in [6.07, 6.45) is 1.96. The number of thiocarbonyl (C=S) groups is 1. The Kier molecular flexibility index (Phi) is 9.10. The van der Waals surface area contributed by atoms with Crippen molar-refractivity contribution in [1.82, 2.24) is 9.47 Å². The lowest BCUT2D eigenvalue weighted by Crippen LogP contribution is -2.30. The van der Waals surface area contributed by atoms with Crippen LogP contribution in [0.5, 0.6) is 11.6 Å². The van der Waals surface area contributed by atoms with Crippen molar-refractivity contribution in [3.63, 3.8) is 0 Å². The van der Waals surface area contributed by atoms with Crippen molar-refractivity contribution in [2.24, 2.45) is 0 Å². The van der Waals surface area contributed by atoms with E-state index in [9.17, 15) is 24.8 Å². The molecule has 11 heteroatoms. The molecule has 2 aromatic carbocycles. The second-order valence-corrected chi connectivity index (χ2v) is 11.0. The number of rotatable bonds is 9. The van der Waals surface area contributed by atoms with Gasteiger partial charge in [0.2, 0.25) is 5.88 Å². The Hall–Kier alpha value is -3.91. The summed E-state index contributed by atoms with van der Waals surface area (Å²) < 4.78 is 6.52. The van der Waals surface area contributed by atoms with Crippen LogP contribution in [0.2, 0.25) is 5.02 Å². The van der Waals surface area contributed by atoms with Gasteiger partial charge in [-0.3, -0.25) is 23.9 Å². The third kappa shape index (κ3) is 5.97. The fourth-order valence-corrected chi connectivity index (χ4v) is 5.80. The van der Waals surface area contributed by atoms with E-state index in [0.717, 1.165) is 10.1 Å². The minimum Gasteiger partial charge on any atom is -0.497 e. The summed E-state index contributed by atoms with van der Waals surface area (Å²) in [6.45, 7) is 1.54. The molecule has 0 aliphatic carbocycles. The zero-order valence-electron chi connectivity index (χ0n) is 21.6. The fourth-order valence-electron chi connectivity index (χ4n) is 4.30. The predicted octanol–water partition coefficient (Wildman–Crippen LogP) is 5.31. The molecule has 0 bridgehead atoms. The van der Waals surface area contributed by atoms with Gasteiger partial charge in [0.25, 0.3) is 11.5 Å². The average molecular weight is 594 g/mol. The summed E-state index contributed by atoms with van der Waals surface area (Å²) in [5.74, 6) is -0.535. The molecule has 2 heterocycles. The fraction of sp³-hybridized carbons (Fsp3) is 0.207. The molecule has 40 heavy (non-hydrogen) atoms. The van der Waals surface area contributed by atoms with Crippen LogP contribution in [-0.4, -0.2) is 44.2 Å². The quantitative estimate of drug-likeness (QED) is 0.202. The Morgan fingerprint density at radius 1 is 1.20 bits per heavy atom. The van der Waals surface area contributed by atoms with Crippen molar-refractivity contribution in [3.8, 4) is 17.7 Å². The van der Waals surface area contributed by atoms with Crippen molar-refractivity contribution >= 4 is 57.7 Å². The molecule has 1 amide bonds. The molecule has 0 atom stereocenters. The van der Waals surface area contributed by atoms with E-state index in [4.69, 9.17) is 28.6 Å². The van der Waals surface area contributed by atoms with Gasteiger partial charge in [0.05, 0.1) is 24.1 Å². The molecule has 0 radical (unpaired) electrons. The lowest BCUT2D eigenvalue weighted by atomic mass is 9.99. The van der Waals surface area contributed by atoms with Gasteiger partial charge < -0.3 is 9.84 Å². The van der Waals surface area contributed by atoms with Gasteiger partial charge in [-0.15, -0.1) is 0 Å². The number of nitrogens with zero attached hydrogens (tertiary/aromatic N) is 3. The topological polar surface area (TPSA) is 113 Å². The minimum absolute atomic E-state index is 0.0435. The highest BCUT2D eigenvalue weighted by Crippen LogP contribution is 2.33. The Balaban J connectivity index is 1.50. The molecule has 0 saturated carbocycles. The van der Waals surface area contributed by atoms with E-state index in [1.165, 1.54) is 23.6 Å². The lowest BCUT2D eigenvalue weighted by molar-refractivity contribution is -0.122. The molecular formula is C29H24ClN3O5S2. The van der Waals surface area contributed by atoms with Crippen LogP contribution in [0.1, 0.15) is 45.5 Å². The normalized spacial score (nSPS) is 14.1. The first-order chi connectivity index (χ1) is 19.2. The molecule has 0 spiro atoms. The maximum atomic E-state index is 13.3. The average Bonchev–Trinajstić information content (AvgIpc) is 3.20. The number of benzene rings is 2. The molecular weight excluding hydrogens is 570 g/mol. The first-order valence-electron chi connectivity index (χ1n) is 12.2. The van der Waals surface area contributed by atoms with Gasteiger partial charge in [0.15, 0.2) is 5.78 Å². The largest absolute Gasteiger partial charge is 0.497 e. The number of halogens is 1. The van der Waals surface area contributed by atoms with Crippen LogP contribution in [0.15, 0.2) is 58.2 Å². The highest BCUT2D eigenvalue weighted by molar-refractivity contribution is 8.26. The van der Waals surface area contributed by atoms with E-state index in [0.29, 0.717) is 25.6 Å². The molecule has 1 N–H and O–H groups in total. The van der Waals surface area contributed by atoms with Gasteiger partial charge in [0, 0.05) is 18.0 Å². The van der Waals surface area contributed by atoms with Crippen LogP contribution in [-0.2, 0) is 11.3 Å². The summed E-state index contributed by atoms with van der Waals surface area (Å²) in [4.78, 5) is 41.1. The van der Waals surface area contributed by atoms with E-state index in [1.807, 2.05) is 18.2 Å². The lowest BCUT2D eigenvalue weighted by Gasteiger charge is -2.17. The van der Waals surface area contributed by atoms with Gasteiger partial charge in [-0.05, 0) is 54.3 Å².